The number of piperidine rings is 1. The number of benzene rings is 1. The Morgan fingerprint density at radius 2 is 2.21 bits per heavy atom. The van der Waals surface area contributed by atoms with Crippen LogP contribution in [0.4, 0.5) is 0 Å². The second kappa shape index (κ2) is 5.78. The van der Waals surface area contributed by atoms with Crippen LogP contribution >= 0.6 is 0 Å². The van der Waals surface area contributed by atoms with Gasteiger partial charge >= 0.3 is 0 Å². The van der Waals surface area contributed by atoms with Gasteiger partial charge in [0.15, 0.2) is 0 Å². The van der Waals surface area contributed by atoms with Crippen molar-refractivity contribution in [3.63, 3.8) is 0 Å². The molecule has 4 heteroatoms. The van der Waals surface area contributed by atoms with Crippen LogP contribution in [0.15, 0.2) is 41.2 Å². The van der Waals surface area contributed by atoms with Gasteiger partial charge in [0.2, 0.25) is 0 Å². The van der Waals surface area contributed by atoms with E-state index < -0.39 is 0 Å². The molecule has 4 nitrogen and oxygen atoms in total. The average Bonchev–Trinajstić information content (AvgIpc) is 2.58. The van der Waals surface area contributed by atoms with E-state index in [1.54, 1.807) is 6.07 Å². The number of hydrogen-bond donors (Lipinski definition) is 1. The molecule has 2 aliphatic rings. The van der Waals surface area contributed by atoms with Crippen molar-refractivity contribution in [3.8, 4) is 5.75 Å². The van der Waals surface area contributed by atoms with Crippen molar-refractivity contribution >= 4 is 0 Å². The first-order chi connectivity index (χ1) is 11.6. The highest BCUT2D eigenvalue weighted by Gasteiger charge is 2.45. The molecule has 2 atom stereocenters. The number of pyridine rings is 1. The van der Waals surface area contributed by atoms with Crippen molar-refractivity contribution in [2.24, 2.45) is 0 Å². The Bertz CT molecular complexity index is 827. The van der Waals surface area contributed by atoms with Gasteiger partial charge in [0.25, 0.3) is 5.56 Å². The molecule has 1 N–H and O–H groups in total. The molecule has 1 saturated heterocycles. The van der Waals surface area contributed by atoms with Crippen molar-refractivity contribution in [2.75, 3.05) is 19.7 Å². The lowest BCUT2D eigenvalue weighted by molar-refractivity contribution is 0.199. The van der Waals surface area contributed by atoms with E-state index in [9.17, 15) is 4.79 Å². The molecular weight excluding hydrogens is 300 g/mol. The van der Waals surface area contributed by atoms with Crippen LogP contribution in [0.25, 0.3) is 0 Å². The van der Waals surface area contributed by atoms with Crippen LogP contribution in [0.5, 0.6) is 5.75 Å². The van der Waals surface area contributed by atoms with Crippen LogP contribution in [-0.4, -0.2) is 24.3 Å². The summed E-state index contributed by atoms with van der Waals surface area (Å²) in [5.74, 6) is 1.33. The largest absolute Gasteiger partial charge is 0.494 e. The van der Waals surface area contributed by atoms with Gasteiger partial charge in [-0.1, -0.05) is 23.8 Å². The number of fused-ring (bicyclic) bond motifs is 4. The lowest BCUT2D eigenvalue weighted by Crippen LogP contribution is -2.54. The molecular formula is C20H24N2O2. The molecule has 2 aliphatic heterocycles. The zero-order chi connectivity index (χ0) is 16.7. The zero-order valence-corrected chi connectivity index (χ0v) is 14.3. The second-order valence-electron chi connectivity index (χ2n) is 7.12. The molecule has 1 aromatic heterocycles. The van der Waals surface area contributed by atoms with Crippen molar-refractivity contribution in [2.45, 2.75) is 38.1 Å². The fourth-order valence-electron chi connectivity index (χ4n) is 4.43. The molecule has 1 aromatic carbocycles. The third-order valence-corrected chi connectivity index (χ3v) is 5.46. The van der Waals surface area contributed by atoms with Gasteiger partial charge in [-0.2, -0.15) is 0 Å². The van der Waals surface area contributed by atoms with E-state index in [0.29, 0.717) is 12.5 Å². The minimum atomic E-state index is -0.0857. The summed E-state index contributed by atoms with van der Waals surface area (Å²) in [6, 6.07) is 12.1. The molecule has 2 bridgehead atoms. The van der Waals surface area contributed by atoms with E-state index in [1.807, 2.05) is 17.6 Å². The number of nitrogens with one attached hydrogen (secondary N) is 1. The lowest BCUT2D eigenvalue weighted by atomic mass is 9.67. The number of ether oxygens (including phenoxy) is 1. The van der Waals surface area contributed by atoms with E-state index in [1.165, 1.54) is 11.1 Å². The topological polar surface area (TPSA) is 43.3 Å². The smallest absolute Gasteiger partial charge is 0.250 e. The molecule has 1 fully saturated rings. The Morgan fingerprint density at radius 1 is 1.33 bits per heavy atom. The van der Waals surface area contributed by atoms with Crippen molar-refractivity contribution < 1.29 is 4.74 Å². The summed E-state index contributed by atoms with van der Waals surface area (Å²) in [4.78, 5) is 12.5. The fourth-order valence-corrected chi connectivity index (χ4v) is 4.43. The first kappa shape index (κ1) is 15.5. The van der Waals surface area contributed by atoms with Crippen molar-refractivity contribution in [1.82, 2.24) is 9.88 Å². The Balaban J connectivity index is 1.88. The van der Waals surface area contributed by atoms with Gasteiger partial charge in [0, 0.05) is 48.3 Å². The summed E-state index contributed by atoms with van der Waals surface area (Å²) in [6.45, 7) is 7.32. The van der Waals surface area contributed by atoms with Gasteiger partial charge in [-0.3, -0.25) is 4.79 Å². The molecule has 0 spiro atoms. The molecule has 0 aliphatic carbocycles. The highest BCUT2D eigenvalue weighted by atomic mass is 16.5. The van der Waals surface area contributed by atoms with Gasteiger partial charge in [0.1, 0.15) is 5.75 Å². The van der Waals surface area contributed by atoms with E-state index >= 15 is 0 Å². The number of rotatable bonds is 3. The summed E-state index contributed by atoms with van der Waals surface area (Å²) in [5.41, 5.74) is 3.65. The number of aryl methyl sites for hydroxylation is 1. The van der Waals surface area contributed by atoms with Crippen LogP contribution in [0.3, 0.4) is 0 Å². The Kier molecular flexibility index (Phi) is 3.72. The molecule has 24 heavy (non-hydrogen) atoms. The molecule has 0 saturated carbocycles. The first-order valence-electron chi connectivity index (χ1n) is 8.77. The Hall–Kier alpha value is -2.07. The molecule has 126 valence electrons. The molecule has 3 heterocycles. The molecule has 0 unspecified atom stereocenters. The van der Waals surface area contributed by atoms with E-state index in [4.69, 9.17) is 4.74 Å². The second-order valence-corrected chi connectivity index (χ2v) is 7.12. The minimum absolute atomic E-state index is 0.0857. The fraction of sp³-hybridized carbons (Fsp3) is 0.450. The maximum Gasteiger partial charge on any atom is 0.250 e. The summed E-state index contributed by atoms with van der Waals surface area (Å²) in [7, 11) is 0. The van der Waals surface area contributed by atoms with Crippen molar-refractivity contribution in [3.05, 3.63) is 63.6 Å². The predicted molar refractivity (Wildman–Crippen MR) is 95.0 cm³/mol. The van der Waals surface area contributed by atoms with Gasteiger partial charge < -0.3 is 14.6 Å². The quantitative estimate of drug-likeness (QED) is 0.944. The average molecular weight is 324 g/mol. The number of nitrogens with zero attached hydrogens (tertiary/aromatic N) is 1. The molecule has 2 aromatic rings. The van der Waals surface area contributed by atoms with E-state index in [-0.39, 0.29) is 11.0 Å². The zero-order valence-electron chi connectivity index (χ0n) is 14.3. The highest BCUT2D eigenvalue weighted by molar-refractivity contribution is 5.44. The van der Waals surface area contributed by atoms with E-state index in [2.05, 4.69) is 36.5 Å². The van der Waals surface area contributed by atoms with Gasteiger partial charge in [-0.15, -0.1) is 0 Å². The number of aromatic nitrogens is 1. The highest BCUT2D eigenvalue weighted by Crippen LogP contribution is 2.45. The molecule has 4 rings (SSSR count). The maximum atomic E-state index is 12.5. The van der Waals surface area contributed by atoms with Crippen LogP contribution in [0.1, 0.15) is 36.1 Å². The standard InChI is InChI=1S/C20H24N2O2/c1-3-24-18-8-7-14(2)9-16(18)20-10-15(11-21-12-20)17-5-4-6-19(23)22(17)13-20/h4-9,15,21H,3,10-13H2,1-2H3/t15-,20-/m1/s1. The Morgan fingerprint density at radius 3 is 3.04 bits per heavy atom. The predicted octanol–water partition coefficient (Wildman–Crippen LogP) is 2.58. The maximum absolute atomic E-state index is 12.5. The third-order valence-electron chi connectivity index (χ3n) is 5.46. The van der Waals surface area contributed by atoms with Crippen LogP contribution in [-0.2, 0) is 12.0 Å². The summed E-state index contributed by atoms with van der Waals surface area (Å²) >= 11 is 0. The monoisotopic (exact) mass is 324 g/mol. The number of hydrogen-bond acceptors (Lipinski definition) is 3. The van der Waals surface area contributed by atoms with E-state index in [0.717, 1.165) is 37.5 Å². The summed E-state index contributed by atoms with van der Waals surface area (Å²) in [5, 5.41) is 3.60. The Labute approximate surface area is 142 Å². The third kappa shape index (κ3) is 2.37. The summed E-state index contributed by atoms with van der Waals surface area (Å²) in [6.07, 6.45) is 1.06. The van der Waals surface area contributed by atoms with Crippen LogP contribution < -0.4 is 15.6 Å². The van der Waals surface area contributed by atoms with Gasteiger partial charge in [0.05, 0.1) is 6.61 Å². The van der Waals surface area contributed by atoms with Gasteiger partial charge in [-0.05, 0) is 32.4 Å². The SMILES string of the molecule is CCOc1ccc(C)cc1[C@@]12CNC[C@@H](C1)c1cccc(=O)n1C2. The van der Waals surface area contributed by atoms with Crippen molar-refractivity contribution in [1.29, 1.82) is 0 Å². The first-order valence-corrected chi connectivity index (χ1v) is 8.77. The normalized spacial score (nSPS) is 25.2. The molecule has 0 radical (unpaired) electrons. The van der Waals surface area contributed by atoms with Crippen LogP contribution in [0, 0.1) is 6.92 Å². The lowest BCUT2D eigenvalue weighted by Gasteiger charge is -2.47. The minimum Gasteiger partial charge on any atom is -0.494 e. The van der Waals surface area contributed by atoms with Crippen LogP contribution in [0.2, 0.25) is 0 Å². The summed E-state index contributed by atoms with van der Waals surface area (Å²) < 4.78 is 7.91. The molecule has 0 amide bonds. The van der Waals surface area contributed by atoms with Gasteiger partial charge in [-0.25, -0.2) is 0 Å².